The number of rotatable bonds is 8. The van der Waals surface area contributed by atoms with E-state index in [1.807, 2.05) is 37.3 Å². The molecule has 0 aliphatic heterocycles. The Hall–Kier alpha value is -2.47. The molecule has 0 fully saturated rings. The highest BCUT2D eigenvalue weighted by Gasteiger charge is 2.16. The van der Waals surface area contributed by atoms with Crippen molar-refractivity contribution in [2.45, 2.75) is 13.5 Å². The van der Waals surface area contributed by atoms with Crippen LogP contribution in [-0.4, -0.2) is 47.6 Å². The number of anilines is 1. The van der Waals surface area contributed by atoms with E-state index >= 15 is 0 Å². The highest BCUT2D eigenvalue weighted by molar-refractivity contribution is 5.92. The second-order valence-corrected chi connectivity index (χ2v) is 4.99. The Kier molecular flexibility index (Phi) is 6.50. The molecular weight excluding hydrogens is 292 g/mol. The van der Waals surface area contributed by atoms with E-state index in [2.05, 4.69) is 15.3 Å². The van der Waals surface area contributed by atoms with Crippen molar-refractivity contribution < 1.29 is 9.53 Å². The number of methoxy groups -OCH3 is 1. The molecule has 0 radical (unpaired) electrons. The zero-order valence-electron chi connectivity index (χ0n) is 13.5. The predicted octanol–water partition coefficient (Wildman–Crippen LogP) is 2.20. The zero-order valence-corrected chi connectivity index (χ0v) is 13.5. The maximum absolute atomic E-state index is 12.6. The molecule has 0 aliphatic rings. The second kappa shape index (κ2) is 8.85. The standard InChI is InChI=1S/C17H22N4O2/c1-3-21(13-14-7-5-4-6-8-14)16(22)15-9-10-18-17(20-15)19-11-12-23-2/h4-10H,3,11-13H2,1-2H3,(H,18,19,20). The Morgan fingerprint density at radius 3 is 2.74 bits per heavy atom. The zero-order chi connectivity index (χ0) is 16.5. The van der Waals surface area contributed by atoms with E-state index in [1.165, 1.54) is 0 Å². The molecule has 0 aliphatic carbocycles. The summed E-state index contributed by atoms with van der Waals surface area (Å²) in [5.41, 5.74) is 1.48. The van der Waals surface area contributed by atoms with Gasteiger partial charge in [-0.1, -0.05) is 30.3 Å². The molecular formula is C17H22N4O2. The summed E-state index contributed by atoms with van der Waals surface area (Å²) in [6.45, 7) is 4.28. The number of nitrogens with one attached hydrogen (secondary N) is 1. The summed E-state index contributed by atoms with van der Waals surface area (Å²) in [5.74, 6) is 0.331. The van der Waals surface area contributed by atoms with Crippen LogP contribution in [0.5, 0.6) is 0 Å². The number of ether oxygens (including phenoxy) is 1. The molecule has 0 spiro atoms. The first-order valence-electron chi connectivity index (χ1n) is 7.63. The number of amides is 1. The van der Waals surface area contributed by atoms with E-state index in [1.54, 1.807) is 24.3 Å². The normalized spacial score (nSPS) is 10.3. The van der Waals surface area contributed by atoms with Gasteiger partial charge in [-0.25, -0.2) is 9.97 Å². The number of benzene rings is 1. The molecule has 0 atom stereocenters. The van der Waals surface area contributed by atoms with E-state index in [9.17, 15) is 4.79 Å². The lowest BCUT2D eigenvalue weighted by Crippen LogP contribution is -2.31. The molecule has 1 amide bonds. The molecule has 6 nitrogen and oxygen atoms in total. The number of carbonyl (C=O) groups is 1. The van der Waals surface area contributed by atoms with Gasteiger partial charge >= 0.3 is 0 Å². The smallest absolute Gasteiger partial charge is 0.272 e. The third-order valence-corrected chi connectivity index (χ3v) is 3.35. The van der Waals surface area contributed by atoms with Crippen LogP contribution in [0.15, 0.2) is 42.6 Å². The van der Waals surface area contributed by atoms with E-state index in [4.69, 9.17) is 4.74 Å². The van der Waals surface area contributed by atoms with Crippen LogP contribution in [0.3, 0.4) is 0 Å². The molecule has 1 aromatic heterocycles. The third-order valence-electron chi connectivity index (χ3n) is 3.35. The maximum Gasteiger partial charge on any atom is 0.272 e. The molecule has 2 rings (SSSR count). The number of carbonyl (C=O) groups excluding carboxylic acids is 1. The fourth-order valence-corrected chi connectivity index (χ4v) is 2.12. The van der Waals surface area contributed by atoms with Gasteiger partial charge in [-0.15, -0.1) is 0 Å². The lowest BCUT2D eigenvalue weighted by atomic mass is 10.2. The van der Waals surface area contributed by atoms with Crippen LogP contribution in [0.2, 0.25) is 0 Å². The van der Waals surface area contributed by atoms with Gasteiger partial charge in [0.1, 0.15) is 5.69 Å². The van der Waals surface area contributed by atoms with Crippen LogP contribution in [0.1, 0.15) is 23.0 Å². The lowest BCUT2D eigenvalue weighted by molar-refractivity contribution is 0.0746. The van der Waals surface area contributed by atoms with Crippen LogP contribution in [0.25, 0.3) is 0 Å². The highest BCUT2D eigenvalue weighted by Crippen LogP contribution is 2.09. The Labute approximate surface area is 136 Å². The minimum atomic E-state index is -0.103. The quantitative estimate of drug-likeness (QED) is 0.757. The Balaban J connectivity index is 2.06. The minimum absolute atomic E-state index is 0.103. The van der Waals surface area contributed by atoms with E-state index in [0.717, 1.165) is 5.56 Å². The van der Waals surface area contributed by atoms with Crippen molar-refractivity contribution in [3.8, 4) is 0 Å². The summed E-state index contributed by atoms with van der Waals surface area (Å²) in [7, 11) is 1.63. The number of hydrogen-bond donors (Lipinski definition) is 1. The Morgan fingerprint density at radius 2 is 2.04 bits per heavy atom. The van der Waals surface area contributed by atoms with Crippen molar-refractivity contribution in [2.75, 3.05) is 32.1 Å². The summed E-state index contributed by atoms with van der Waals surface area (Å²) < 4.78 is 4.97. The van der Waals surface area contributed by atoms with Crippen molar-refractivity contribution in [2.24, 2.45) is 0 Å². The van der Waals surface area contributed by atoms with Gasteiger partial charge < -0.3 is 15.0 Å². The lowest BCUT2D eigenvalue weighted by Gasteiger charge is -2.20. The van der Waals surface area contributed by atoms with Crippen molar-refractivity contribution in [1.82, 2.24) is 14.9 Å². The summed E-state index contributed by atoms with van der Waals surface area (Å²) in [4.78, 5) is 22.8. The Morgan fingerprint density at radius 1 is 1.26 bits per heavy atom. The summed E-state index contributed by atoms with van der Waals surface area (Å²) in [5, 5.41) is 3.03. The number of aromatic nitrogens is 2. The minimum Gasteiger partial charge on any atom is -0.383 e. The average molecular weight is 314 g/mol. The van der Waals surface area contributed by atoms with Crippen molar-refractivity contribution in [3.05, 3.63) is 53.9 Å². The predicted molar refractivity (Wildman–Crippen MR) is 89.3 cm³/mol. The van der Waals surface area contributed by atoms with Gasteiger partial charge in [0.15, 0.2) is 0 Å². The SMILES string of the molecule is CCN(Cc1ccccc1)C(=O)c1ccnc(NCCOC)n1. The number of hydrogen-bond acceptors (Lipinski definition) is 5. The first-order chi connectivity index (χ1) is 11.2. The van der Waals surface area contributed by atoms with Crippen LogP contribution in [0.4, 0.5) is 5.95 Å². The first-order valence-corrected chi connectivity index (χ1v) is 7.63. The van der Waals surface area contributed by atoms with E-state index in [-0.39, 0.29) is 5.91 Å². The molecule has 0 unspecified atom stereocenters. The van der Waals surface area contributed by atoms with Crippen LogP contribution in [-0.2, 0) is 11.3 Å². The van der Waals surface area contributed by atoms with E-state index in [0.29, 0.717) is 37.9 Å². The fraction of sp³-hybridized carbons (Fsp3) is 0.353. The summed E-state index contributed by atoms with van der Waals surface area (Å²) in [6.07, 6.45) is 1.59. The van der Waals surface area contributed by atoms with Crippen LogP contribution >= 0.6 is 0 Å². The van der Waals surface area contributed by atoms with E-state index < -0.39 is 0 Å². The molecule has 1 heterocycles. The van der Waals surface area contributed by atoms with Gasteiger partial charge in [0.25, 0.3) is 5.91 Å². The molecule has 0 saturated carbocycles. The van der Waals surface area contributed by atoms with Gasteiger partial charge in [0.05, 0.1) is 6.61 Å². The average Bonchev–Trinajstić information content (AvgIpc) is 2.60. The maximum atomic E-state index is 12.6. The summed E-state index contributed by atoms with van der Waals surface area (Å²) in [6, 6.07) is 11.6. The molecule has 1 aromatic carbocycles. The van der Waals surface area contributed by atoms with Crippen molar-refractivity contribution in [3.63, 3.8) is 0 Å². The topological polar surface area (TPSA) is 67.4 Å². The van der Waals surface area contributed by atoms with Crippen LogP contribution < -0.4 is 5.32 Å². The highest BCUT2D eigenvalue weighted by atomic mass is 16.5. The van der Waals surface area contributed by atoms with Gasteiger partial charge in [0.2, 0.25) is 5.95 Å². The number of nitrogens with zero attached hydrogens (tertiary/aromatic N) is 3. The Bertz CT molecular complexity index is 619. The van der Waals surface area contributed by atoms with Gasteiger partial charge in [-0.3, -0.25) is 4.79 Å². The van der Waals surface area contributed by atoms with Crippen molar-refractivity contribution in [1.29, 1.82) is 0 Å². The molecule has 1 N–H and O–H groups in total. The fourth-order valence-electron chi connectivity index (χ4n) is 2.12. The van der Waals surface area contributed by atoms with Crippen LogP contribution in [0, 0.1) is 0 Å². The monoisotopic (exact) mass is 314 g/mol. The second-order valence-electron chi connectivity index (χ2n) is 4.99. The summed E-state index contributed by atoms with van der Waals surface area (Å²) >= 11 is 0. The first kappa shape index (κ1) is 16.9. The molecule has 2 aromatic rings. The molecule has 0 saturated heterocycles. The van der Waals surface area contributed by atoms with Crippen molar-refractivity contribution >= 4 is 11.9 Å². The van der Waals surface area contributed by atoms with Gasteiger partial charge in [0, 0.05) is 32.9 Å². The third kappa shape index (κ3) is 5.03. The van der Waals surface area contributed by atoms with Gasteiger partial charge in [-0.2, -0.15) is 0 Å². The van der Waals surface area contributed by atoms with Gasteiger partial charge in [-0.05, 0) is 18.6 Å². The molecule has 6 heteroatoms. The molecule has 0 bridgehead atoms. The molecule has 122 valence electrons. The largest absolute Gasteiger partial charge is 0.383 e. The molecule has 23 heavy (non-hydrogen) atoms.